The van der Waals surface area contributed by atoms with Crippen molar-refractivity contribution in [3.8, 4) is 0 Å². The van der Waals surface area contributed by atoms with Gasteiger partial charge in [0, 0.05) is 9.35 Å². The lowest BCUT2D eigenvalue weighted by molar-refractivity contribution is -0.0418. The summed E-state index contributed by atoms with van der Waals surface area (Å²) in [5.74, 6) is 0. The Labute approximate surface area is 97.5 Å². The molecule has 5 heteroatoms. The van der Waals surface area contributed by atoms with Gasteiger partial charge < -0.3 is 9.47 Å². The number of hydrogen-bond donors (Lipinski definition) is 0. The van der Waals surface area contributed by atoms with E-state index in [-0.39, 0.29) is 6.29 Å². The van der Waals surface area contributed by atoms with E-state index in [0.717, 1.165) is 13.8 Å². The van der Waals surface area contributed by atoms with Gasteiger partial charge in [-0.2, -0.15) is 0 Å². The van der Waals surface area contributed by atoms with E-state index in [1.165, 1.54) is 4.88 Å². The van der Waals surface area contributed by atoms with E-state index in [9.17, 15) is 0 Å². The van der Waals surface area contributed by atoms with Gasteiger partial charge in [-0.25, -0.2) is 0 Å². The summed E-state index contributed by atoms with van der Waals surface area (Å²) in [6, 6.07) is 0. The molecule has 0 saturated carbocycles. The van der Waals surface area contributed by atoms with Crippen LogP contribution in [0, 0.1) is 6.92 Å². The Balaban J connectivity index is 2.34. The molecule has 2 nitrogen and oxygen atoms in total. The van der Waals surface area contributed by atoms with Crippen molar-refractivity contribution in [1.82, 2.24) is 0 Å². The fourth-order valence-corrected chi connectivity index (χ4v) is 3.57. The van der Waals surface area contributed by atoms with E-state index in [1.54, 1.807) is 11.3 Å². The van der Waals surface area contributed by atoms with E-state index >= 15 is 0 Å². The Hall–Kier alpha value is 0.580. The van der Waals surface area contributed by atoms with Gasteiger partial charge in [-0.3, -0.25) is 0 Å². The summed E-state index contributed by atoms with van der Waals surface area (Å²) in [5.41, 5.74) is 0. The number of rotatable bonds is 1. The summed E-state index contributed by atoms with van der Waals surface area (Å²) in [7, 11) is 0. The fourth-order valence-electron chi connectivity index (χ4n) is 1.18. The summed E-state index contributed by atoms with van der Waals surface area (Å²) in [6.45, 7) is 3.44. The molecule has 72 valence electrons. The second kappa shape index (κ2) is 3.98. The van der Waals surface area contributed by atoms with Gasteiger partial charge in [0.25, 0.3) is 0 Å². The third-order valence-corrected chi connectivity index (χ3v) is 5.82. The monoisotopic (exact) mass is 326 g/mol. The maximum absolute atomic E-state index is 5.43. The average Bonchev–Trinajstić information content (AvgIpc) is 2.70. The first kappa shape index (κ1) is 10.1. The number of hydrogen-bond acceptors (Lipinski definition) is 3. The zero-order valence-corrected chi connectivity index (χ0v) is 11.0. The first-order chi connectivity index (χ1) is 6.20. The first-order valence-electron chi connectivity index (χ1n) is 3.87. The highest BCUT2D eigenvalue weighted by atomic mass is 79.9. The molecular weight excluding hydrogens is 320 g/mol. The van der Waals surface area contributed by atoms with E-state index in [0.29, 0.717) is 13.2 Å². The van der Waals surface area contributed by atoms with Crippen molar-refractivity contribution in [1.29, 1.82) is 0 Å². The van der Waals surface area contributed by atoms with Crippen LogP contribution in [-0.2, 0) is 9.47 Å². The summed E-state index contributed by atoms with van der Waals surface area (Å²) in [4.78, 5) is 2.35. The lowest BCUT2D eigenvalue weighted by Crippen LogP contribution is -1.94. The van der Waals surface area contributed by atoms with E-state index in [1.807, 2.05) is 0 Å². The molecular formula is C8H8Br2O2S. The lowest BCUT2D eigenvalue weighted by atomic mass is 10.4. The van der Waals surface area contributed by atoms with Gasteiger partial charge in [0.2, 0.25) is 0 Å². The van der Waals surface area contributed by atoms with Crippen molar-refractivity contribution in [3.63, 3.8) is 0 Å². The number of halogens is 2. The molecule has 0 spiro atoms. The molecule has 2 rings (SSSR count). The standard InChI is InChI=1S/C8H8Br2O2S/c1-4-5(9)6(10)7(13-4)8-11-2-3-12-8/h8H,2-3H2,1H3. The van der Waals surface area contributed by atoms with Gasteiger partial charge in [0.15, 0.2) is 6.29 Å². The predicted molar refractivity (Wildman–Crippen MR) is 59.1 cm³/mol. The van der Waals surface area contributed by atoms with Gasteiger partial charge in [0.05, 0.1) is 22.6 Å². The minimum Gasteiger partial charge on any atom is -0.345 e. The maximum atomic E-state index is 5.43. The molecule has 0 unspecified atom stereocenters. The third-order valence-electron chi connectivity index (χ3n) is 1.82. The molecule has 1 aliphatic rings. The highest BCUT2D eigenvalue weighted by molar-refractivity contribution is 9.13. The van der Waals surface area contributed by atoms with E-state index in [2.05, 4.69) is 38.8 Å². The SMILES string of the molecule is Cc1sc(C2OCCO2)c(Br)c1Br. The van der Waals surface area contributed by atoms with Crippen molar-refractivity contribution in [2.45, 2.75) is 13.2 Å². The molecule has 0 aromatic carbocycles. The molecule has 0 bridgehead atoms. The quantitative estimate of drug-likeness (QED) is 0.784. The first-order valence-corrected chi connectivity index (χ1v) is 6.28. The topological polar surface area (TPSA) is 18.5 Å². The Morgan fingerprint density at radius 2 is 1.85 bits per heavy atom. The van der Waals surface area contributed by atoms with Gasteiger partial charge in [0.1, 0.15) is 0 Å². The van der Waals surface area contributed by atoms with E-state index in [4.69, 9.17) is 9.47 Å². The molecule has 1 aromatic heterocycles. The highest BCUT2D eigenvalue weighted by Gasteiger charge is 2.24. The smallest absolute Gasteiger partial charge is 0.194 e. The van der Waals surface area contributed by atoms with Crippen LogP contribution < -0.4 is 0 Å². The van der Waals surface area contributed by atoms with Gasteiger partial charge in [-0.05, 0) is 38.8 Å². The number of ether oxygens (including phenoxy) is 2. The van der Waals surface area contributed by atoms with Crippen LogP contribution in [-0.4, -0.2) is 13.2 Å². The normalized spacial score (nSPS) is 18.4. The summed E-state index contributed by atoms with van der Waals surface area (Å²) in [5, 5.41) is 0. The van der Waals surface area contributed by atoms with Crippen LogP contribution in [0.25, 0.3) is 0 Å². The number of aryl methyl sites for hydroxylation is 1. The van der Waals surface area contributed by atoms with Crippen LogP contribution in [0.15, 0.2) is 8.95 Å². The molecule has 0 atom stereocenters. The molecule has 1 saturated heterocycles. The Bertz CT molecular complexity index is 318. The average molecular weight is 328 g/mol. The van der Waals surface area contributed by atoms with Crippen molar-refractivity contribution >= 4 is 43.2 Å². The van der Waals surface area contributed by atoms with Crippen LogP contribution in [0.3, 0.4) is 0 Å². The third kappa shape index (κ3) is 1.85. The van der Waals surface area contributed by atoms with Gasteiger partial charge in [-0.15, -0.1) is 11.3 Å². The second-order valence-corrected chi connectivity index (χ2v) is 5.57. The van der Waals surface area contributed by atoms with Crippen LogP contribution in [0.2, 0.25) is 0 Å². The summed E-state index contributed by atoms with van der Waals surface area (Å²) >= 11 is 8.71. The Morgan fingerprint density at radius 1 is 1.23 bits per heavy atom. The molecule has 1 fully saturated rings. The van der Waals surface area contributed by atoms with Crippen molar-refractivity contribution in [3.05, 3.63) is 18.7 Å². The molecule has 0 aliphatic carbocycles. The van der Waals surface area contributed by atoms with Gasteiger partial charge >= 0.3 is 0 Å². The summed E-state index contributed by atoms with van der Waals surface area (Å²) in [6.07, 6.45) is -0.177. The molecule has 0 N–H and O–H groups in total. The van der Waals surface area contributed by atoms with Crippen molar-refractivity contribution in [2.75, 3.05) is 13.2 Å². The maximum Gasteiger partial charge on any atom is 0.194 e. The molecule has 1 aromatic rings. The number of thiophene rings is 1. The van der Waals surface area contributed by atoms with Gasteiger partial charge in [-0.1, -0.05) is 0 Å². The van der Waals surface area contributed by atoms with Crippen molar-refractivity contribution < 1.29 is 9.47 Å². The predicted octanol–water partition coefficient (Wildman–Crippen LogP) is 3.63. The minimum atomic E-state index is -0.177. The zero-order chi connectivity index (χ0) is 9.42. The van der Waals surface area contributed by atoms with E-state index < -0.39 is 0 Å². The van der Waals surface area contributed by atoms with Crippen molar-refractivity contribution in [2.24, 2.45) is 0 Å². The van der Waals surface area contributed by atoms with Crippen LogP contribution in [0.5, 0.6) is 0 Å². The Kier molecular flexibility index (Phi) is 3.10. The van der Waals surface area contributed by atoms with Crippen LogP contribution in [0.4, 0.5) is 0 Å². The molecule has 0 amide bonds. The molecule has 0 radical (unpaired) electrons. The highest BCUT2D eigenvalue weighted by Crippen LogP contribution is 2.42. The fraction of sp³-hybridized carbons (Fsp3) is 0.500. The Morgan fingerprint density at radius 3 is 2.31 bits per heavy atom. The van der Waals surface area contributed by atoms with Crippen LogP contribution >= 0.6 is 43.2 Å². The minimum absolute atomic E-state index is 0.177. The lowest BCUT2D eigenvalue weighted by Gasteiger charge is -2.06. The largest absolute Gasteiger partial charge is 0.345 e. The second-order valence-electron chi connectivity index (χ2n) is 2.72. The van der Waals surface area contributed by atoms with Crippen LogP contribution in [0.1, 0.15) is 16.0 Å². The molecule has 1 aliphatic heterocycles. The molecule has 2 heterocycles. The summed E-state index contributed by atoms with van der Waals surface area (Å²) < 4.78 is 13.0. The molecule has 13 heavy (non-hydrogen) atoms. The zero-order valence-electron chi connectivity index (χ0n) is 6.97.